The highest BCUT2D eigenvalue weighted by atomic mass is 35.5. The molecule has 58 valence electrons. The average molecular weight is 165 g/mol. The molecule has 0 aromatic rings. The Balaban J connectivity index is 2.38. The molecule has 5 heteroatoms. The molecular formula is C5H10BClFNO. The van der Waals surface area contributed by atoms with Gasteiger partial charge in [-0.1, -0.05) is 0 Å². The summed E-state index contributed by atoms with van der Waals surface area (Å²) in [5.41, 5.74) is 0. The number of piperidine rings is 1. The number of hydrogen-bond donors (Lipinski definition) is 1. The molecule has 1 aliphatic heterocycles. The smallest absolute Gasteiger partial charge is 0.363 e. The van der Waals surface area contributed by atoms with E-state index in [0.717, 1.165) is 0 Å². The van der Waals surface area contributed by atoms with Crippen LogP contribution in [0.3, 0.4) is 0 Å². The molecule has 1 aliphatic rings. The van der Waals surface area contributed by atoms with Gasteiger partial charge in [-0.25, -0.2) is 4.39 Å². The molecule has 0 saturated carbocycles. The lowest BCUT2D eigenvalue weighted by molar-refractivity contribution is 0.112. The van der Waals surface area contributed by atoms with Gasteiger partial charge < -0.3 is 5.02 Å². The molecule has 0 amide bonds. The van der Waals surface area contributed by atoms with Crippen molar-refractivity contribution in [2.45, 2.75) is 24.5 Å². The number of hydrogen-bond acceptors (Lipinski definition) is 2. The summed E-state index contributed by atoms with van der Waals surface area (Å²) in [6.07, 6.45) is 0.147. The van der Waals surface area contributed by atoms with Crippen LogP contribution in [0, 0.1) is 0 Å². The van der Waals surface area contributed by atoms with Crippen molar-refractivity contribution < 1.29 is 9.41 Å². The summed E-state index contributed by atoms with van der Waals surface area (Å²) in [7, 11) is -0.232. The molecular weight excluding hydrogens is 155 g/mol. The third-order valence-electron chi connectivity index (χ3n) is 1.73. The molecule has 0 spiro atoms. The Morgan fingerprint density at radius 1 is 1.60 bits per heavy atom. The monoisotopic (exact) mass is 165 g/mol. The first-order valence-electron chi connectivity index (χ1n) is 3.37. The highest BCUT2D eigenvalue weighted by Gasteiger charge is 2.26. The lowest BCUT2D eigenvalue weighted by Gasteiger charge is -2.30. The van der Waals surface area contributed by atoms with Gasteiger partial charge in [-0.3, -0.25) is 4.81 Å². The molecule has 1 saturated heterocycles. The van der Waals surface area contributed by atoms with E-state index in [2.05, 4.69) is 0 Å². The minimum Gasteiger partial charge on any atom is -0.440 e. The Labute approximate surface area is 65.3 Å². The maximum Gasteiger partial charge on any atom is 0.363 e. The molecule has 10 heavy (non-hydrogen) atoms. The Morgan fingerprint density at radius 3 is 2.80 bits per heavy atom. The standard InChI is InChI=1S/C5H10BClFNO/c7-4-1-2-5(8)9(3-4)6-10/h4-6,10H,1-3H2. The second-order valence-electron chi connectivity index (χ2n) is 2.52. The predicted molar refractivity (Wildman–Crippen MR) is 39.8 cm³/mol. The summed E-state index contributed by atoms with van der Waals surface area (Å²) in [5, 5.41) is 8.61. The van der Waals surface area contributed by atoms with E-state index < -0.39 is 6.30 Å². The molecule has 2 unspecified atom stereocenters. The minimum absolute atomic E-state index is 0.000787. The van der Waals surface area contributed by atoms with E-state index in [1.54, 1.807) is 0 Å². The highest BCUT2D eigenvalue weighted by molar-refractivity contribution is 6.23. The Morgan fingerprint density at radius 2 is 2.30 bits per heavy atom. The Kier molecular flexibility index (Phi) is 2.95. The van der Waals surface area contributed by atoms with Crippen molar-refractivity contribution in [1.29, 1.82) is 0 Å². The minimum atomic E-state index is -1.00. The number of alkyl halides is 2. The van der Waals surface area contributed by atoms with Crippen LogP contribution in [0.25, 0.3) is 0 Å². The molecule has 0 bridgehead atoms. The van der Waals surface area contributed by atoms with Gasteiger partial charge in [0.1, 0.15) is 6.30 Å². The largest absolute Gasteiger partial charge is 0.440 e. The Hall–Kier alpha value is 0.205. The lowest BCUT2D eigenvalue weighted by atomic mass is 10.0. The van der Waals surface area contributed by atoms with Crippen molar-refractivity contribution in [2.24, 2.45) is 0 Å². The molecule has 1 heterocycles. The SMILES string of the molecule is OBN1CC(Cl)CCC1F. The topological polar surface area (TPSA) is 23.5 Å². The zero-order valence-corrected chi connectivity index (χ0v) is 6.39. The first kappa shape index (κ1) is 8.30. The quantitative estimate of drug-likeness (QED) is 0.342. The van der Waals surface area contributed by atoms with Gasteiger partial charge in [0.15, 0.2) is 0 Å². The molecule has 0 radical (unpaired) electrons. The zero-order valence-electron chi connectivity index (χ0n) is 5.63. The number of nitrogens with zero attached hydrogens (tertiary/aromatic N) is 1. The van der Waals surface area contributed by atoms with Crippen LogP contribution in [-0.4, -0.2) is 35.7 Å². The Bertz CT molecular complexity index is 118. The lowest BCUT2D eigenvalue weighted by Crippen LogP contribution is -2.43. The fourth-order valence-corrected chi connectivity index (χ4v) is 1.41. The summed E-state index contributed by atoms with van der Waals surface area (Å²) in [6, 6.07) is 0. The zero-order chi connectivity index (χ0) is 7.56. The van der Waals surface area contributed by atoms with Gasteiger partial charge in [0.05, 0.1) is 0 Å². The van der Waals surface area contributed by atoms with E-state index >= 15 is 0 Å². The summed E-state index contributed by atoms with van der Waals surface area (Å²) >= 11 is 5.74. The summed E-state index contributed by atoms with van der Waals surface area (Å²) < 4.78 is 12.7. The van der Waals surface area contributed by atoms with Gasteiger partial charge in [-0.2, -0.15) is 0 Å². The van der Waals surface area contributed by atoms with Crippen LogP contribution in [0.1, 0.15) is 12.8 Å². The molecule has 1 fully saturated rings. The van der Waals surface area contributed by atoms with E-state index in [4.69, 9.17) is 16.6 Å². The van der Waals surface area contributed by atoms with Crippen molar-refractivity contribution in [1.82, 2.24) is 4.81 Å². The first-order chi connectivity index (χ1) is 4.74. The molecule has 0 aromatic heterocycles. The van der Waals surface area contributed by atoms with E-state index in [-0.39, 0.29) is 13.0 Å². The van der Waals surface area contributed by atoms with E-state index in [0.29, 0.717) is 19.4 Å². The van der Waals surface area contributed by atoms with Gasteiger partial charge in [-0.05, 0) is 12.8 Å². The maximum atomic E-state index is 12.7. The average Bonchev–Trinajstić information content (AvgIpc) is 1.94. The van der Waals surface area contributed by atoms with Gasteiger partial charge in [0, 0.05) is 11.9 Å². The van der Waals surface area contributed by atoms with Crippen LogP contribution in [0.15, 0.2) is 0 Å². The van der Waals surface area contributed by atoms with Crippen LogP contribution < -0.4 is 0 Å². The number of halogens is 2. The third-order valence-corrected chi connectivity index (χ3v) is 2.08. The van der Waals surface area contributed by atoms with Crippen molar-refractivity contribution in [3.05, 3.63) is 0 Å². The fraction of sp³-hybridized carbons (Fsp3) is 1.00. The normalized spacial score (nSPS) is 35.9. The van der Waals surface area contributed by atoms with Crippen molar-refractivity contribution >= 4 is 19.2 Å². The van der Waals surface area contributed by atoms with Gasteiger partial charge in [0.25, 0.3) is 0 Å². The van der Waals surface area contributed by atoms with E-state index in [1.807, 2.05) is 0 Å². The van der Waals surface area contributed by atoms with Crippen LogP contribution >= 0.6 is 11.6 Å². The van der Waals surface area contributed by atoms with Gasteiger partial charge in [0.2, 0.25) is 0 Å². The van der Waals surface area contributed by atoms with Gasteiger partial charge in [-0.15, -0.1) is 11.6 Å². The maximum absolute atomic E-state index is 12.7. The predicted octanol–water partition coefficient (Wildman–Crippen LogP) is 0.244. The van der Waals surface area contributed by atoms with E-state index in [9.17, 15) is 4.39 Å². The van der Waals surface area contributed by atoms with Crippen LogP contribution in [0.4, 0.5) is 4.39 Å². The second-order valence-corrected chi connectivity index (χ2v) is 3.14. The fourth-order valence-electron chi connectivity index (χ4n) is 1.11. The van der Waals surface area contributed by atoms with E-state index in [1.165, 1.54) is 4.81 Å². The second kappa shape index (κ2) is 3.55. The molecule has 2 nitrogen and oxygen atoms in total. The summed E-state index contributed by atoms with van der Waals surface area (Å²) in [6.45, 7) is 0.458. The third kappa shape index (κ3) is 1.84. The summed E-state index contributed by atoms with van der Waals surface area (Å²) in [5.74, 6) is 0. The highest BCUT2D eigenvalue weighted by Crippen LogP contribution is 2.20. The van der Waals surface area contributed by atoms with Crippen molar-refractivity contribution in [3.8, 4) is 0 Å². The molecule has 0 aliphatic carbocycles. The first-order valence-corrected chi connectivity index (χ1v) is 3.80. The summed E-state index contributed by atoms with van der Waals surface area (Å²) in [4.78, 5) is 1.33. The van der Waals surface area contributed by atoms with Crippen molar-refractivity contribution in [3.63, 3.8) is 0 Å². The van der Waals surface area contributed by atoms with Crippen LogP contribution in [0.2, 0.25) is 0 Å². The molecule has 2 atom stereocenters. The van der Waals surface area contributed by atoms with Crippen LogP contribution in [-0.2, 0) is 0 Å². The molecule has 1 rings (SSSR count). The van der Waals surface area contributed by atoms with Gasteiger partial charge >= 0.3 is 7.62 Å². The van der Waals surface area contributed by atoms with Crippen LogP contribution in [0.5, 0.6) is 0 Å². The molecule has 1 N–H and O–H groups in total. The number of rotatable bonds is 1. The van der Waals surface area contributed by atoms with Crippen molar-refractivity contribution in [2.75, 3.05) is 6.54 Å². The molecule has 0 aromatic carbocycles.